The third kappa shape index (κ3) is 2.21. The van der Waals surface area contributed by atoms with Gasteiger partial charge in [0, 0.05) is 0 Å². The Kier molecular flexibility index (Phi) is 4.37. The van der Waals surface area contributed by atoms with E-state index in [9.17, 15) is 0 Å². The van der Waals surface area contributed by atoms with Crippen molar-refractivity contribution in [1.29, 1.82) is 0 Å². The molecule has 0 heterocycles. The van der Waals surface area contributed by atoms with Crippen molar-refractivity contribution in [3.05, 3.63) is 59.0 Å². The first kappa shape index (κ1) is 14.2. The molecule has 90 valence electrons. The Morgan fingerprint density at radius 2 is 0.895 bits per heavy atom. The maximum Gasteiger partial charge on any atom is 2.00 e. The van der Waals surface area contributed by atoms with Crippen molar-refractivity contribution < 1.29 is 26.2 Å². The Bertz CT molecular complexity index is 772. The van der Waals surface area contributed by atoms with Crippen molar-refractivity contribution in [2.75, 3.05) is 0 Å². The van der Waals surface area contributed by atoms with Gasteiger partial charge >= 0.3 is 26.2 Å². The Balaban J connectivity index is 0.00000133. The smallest absolute Gasteiger partial charge is 0.294 e. The predicted molar refractivity (Wildman–Crippen MR) is 78.9 cm³/mol. The maximum atomic E-state index is 3.32. The summed E-state index contributed by atoms with van der Waals surface area (Å²) >= 11 is 0. The van der Waals surface area contributed by atoms with Crippen molar-refractivity contribution >= 4 is 33.7 Å². The van der Waals surface area contributed by atoms with Gasteiger partial charge in [0.2, 0.25) is 0 Å². The van der Waals surface area contributed by atoms with Crippen molar-refractivity contribution in [2.45, 2.75) is 13.8 Å². The Hall–Kier alpha value is -1.20. The zero-order chi connectivity index (χ0) is 12.5. The van der Waals surface area contributed by atoms with Gasteiger partial charge in [-0.2, -0.15) is 10.8 Å². The van der Waals surface area contributed by atoms with Gasteiger partial charge in [0.1, 0.15) is 0 Å². The molecule has 0 atom stereocenters. The Morgan fingerprint density at radius 1 is 0.579 bits per heavy atom. The maximum absolute atomic E-state index is 3.32. The molecule has 3 rings (SSSR count). The number of benzene rings is 3. The molecular weight excluding hydrogens is 307 g/mol. The van der Waals surface area contributed by atoms with E-state index in [0.717, 1.165) is 10.4 Å². The minimum absolute atomic E-state index is 0. The van der Waals surface area contributed by atoms with Crippen LogP contribution in [0.25, 0.3) is 33.7 Å². The van der Waals surface area contributed by atoms with E-state index in [1.165, 1.54) is 21.5 Å². The van der Waals surface area contributed by atoms with Crippen molar-refractivity contribution in [2.24, 2.45) is 0 Å². The van der Waals surface area contributed by atoms with Crippen molar-refractivity contribution in [1.82, 2.24) is 0 Å². The van der Waals surface area contributed by atoms with E-state index in [-0.39, 0.29) is 26.2 Å². The second-order valence-electron chi connectivity index (χ2n) is 4.34. The number of fused-ring (bicyclic) bond motifs is 3. The van der Waals surface area contributed by atoms with E-state index >= 15 is 0 Å². The average molecular weight is 322 g/mol. The minimum atomic E-state index is 0. The molecule has 0 aliphatic rings. The number of hydrogen-bond acceptors (Lipinski definition) is 0. The van der Waals surface area contributed by atoms with Crippen LogP contribution in [0.1, 0.15) is 13.8 Å². The molecule has 0 aliphatic heterocycles. The summed E-state index contributed by atoms with van der Waals surface area (Å²) in [5, 5.41) is 7.40. The molecule has 0 nitrogen and oxygen atoms in total. The van der Waals surface area contributed by atoms with Crippen LogP contribution in [0.5, 0.6) is 0 Å². The fourth-order valence-corrected chi connectivity index (χ4v) is 2.66. The largest absolute Gasteiger partial charge is 2.00 e. The third-order valence-electron chi connectivity index (χ3n) is 3.43. The van der Waals surface area contributed by atoms with Gasteiger partial charge in [-0.1, -0.05) is 47.2 Å². The van der Waals surface area contributed by atoms with Crippen LogP contribution < -0.4 is 10.4 Å². The molecule has 0 spiro atoms. The molecule has 3 aromatic rings. The summed E-state index contributed by atoms with van der Waals surface area (Å²) in [6, 6.07) is 17.0. The summed E-state index contributed by atoms with van der Waals surface area (Å²) in [7, 11) is 0. The number of rotatable bonds is 0. The van der Waals surface area contributed by atoms with Gasteiger partial charge in [0.25, 0.3) is 0 Å². The van der Waals surface area contributed by atoms with Crippen molar-refractivity contribution in [3.63, 3.8) is 0 Å². The van der Waals surface area contributed by atoms with Crippen LogP contribution in [0.4, 0.5) is 0 Å². The summed E-state index contributed by atoms with van der Waals surface area (Å²) in [6.07, 6.45) is 6.64. The molecule has 0 N–H and O–H groups in total. The van der Waals surface area contributed by atoms with E-state index in [0.29, 0.717) is 0 Å². The van der Waals surface area contributed by atoms with Gasteiger partial charge in [0.05, 0.1) is 0 Å². The van der Waals surface area contributed by atoms with Gasteiger partial charge < -0.3 is 0 Å². The molecule has 0 amide bonds. The molecule has 19 heavy (non-hydrogen) atoms. The molecule has 0 fully saturated rings. The molecule has 3 aromatic carbocycles. The molecule has 0 bridgehead atoms. The van der Waals surface area contributed by atoms with Crippen LogP contribution in [-0.4, -0.2) is 0 Å². The van der Waals surface area contributed by atoms with Gasteiger partial charge in [-0.3, -0.25) is 22.6 Å². The van der Waals surface area contributed by atoms with Gasteiger partial charge in [-0.15, -0.1) is 26.0 Å². The van der Waals surface area contributed by atoms with E-state index in [2.05, 4.69) is 60.7 Å². The predicted octanol–water partition coefficient (Wildman–Crippen LogP) is 3.35. The molecule has 0 radical (unpaired) electrons. The van der Waals surface area contributed by atoms with Crippen LogP contribution in [0.2, 0.25) is 0 Å². The second-order valence-corrected chi connectivity index (χ2v) is 4.34. The summed E-state index contributed by atoms with van der Waals surface area (Å²) < 4.78 is 0. The van der Waals surface area contributed by atoms with Gasteiger partial charge in [-0.25, -0.2) is 0 Å². The third-order valence-corrected chi connectivity index (χ3v) is 3.43. The summed E-state index contributed by atoms with van der Waals surface area (Å²) in [5.41, 5.74) is 0. The topological polar surface area (TPSA) is 0 Å². The number of hydrogen-bond donors (Lipinski definition) is 0. The zero-order valence-electron chi connectivity index (χ0n) is 11.1. The summed E-state index contributed by atoms with van der Waals surface area (Å²) in [5.74, 6) is 0. The van der Waals surface area contributed by atoms with Crippen LogP contribution >= 0.6 is 0 Å². The van der Waals surface area contributed by atoms with Gasteiger partial charge in [0.15, 0.2) is 0 Å². The van der Waals surface area contributed by atoms with Crippen molar-refractivity contribution in [3.8, 4) is 0 Å². The zero-order valence-corrected chi connectivity index (χ0v) is 13.6. The first-order valence-corrected chi connectivity index (χ1v) is 6.15. The SMILES string of the molecule is C[C-]=c1c(=[C-]C)c2ccccc2c2ccccc12.[Zr+2]. The van der Waals surface area contributed by atoms with E-state index in [4.69, 9.17) is 0 Å². The molecule has 0 saturated heterocycles. The molecule has 0 saturated carbocycles. The van der Waals surface area contributed by atoms with Crippen LogP contribution in [0.3, 0.4) is 0 Å². The molecule has 0 aliphatic carbocycles. The Labute approximate surface area is 132 Å². The van der Waals surface area contributed by atoms with E-state index < -0.39 is 0 Å². The standard InChI is InChI=1S/C18H14.Zr/c1-3-13-14(4-2)16-10-6-8-12-18(16)17-11-7-5-9-15(13)17;/h5-12H,1-2H3;/q-2;+2. The average Bonchev–Trinajstić information content (AvgIpc) is 2.45. The van der Waals surface area contributed by atoms with Crippen LogP contribution in [0, 0.1) is 0 Å². The molecule has 0 aromatic heterocycles. The quantitative estimate of drug-likeness (QED) is 0.440. The molecular formula is C18H14Zr. The minimum Gasteiger partial charge on any atom is -0.294 e. The van der Waals surface area contributed by atoms with E-state index in [1.807, 2.05) is 13.8 Å². The van der Waals surface area contributed by atoms with E-state index in [1.54, 1.807) is 0 Å². The summed E-state index contributed by atoms with van der Waals surface area (Å²) in [6.45, 7) is 3.94. The normalized spacial score (nSPS) is 12.9. The van der Waals surface area contributed by atoms with Crippen LogP contribution in [0.15, 0.2) is 48.5 Å². The molecule has 0 unspecified atom stereocenters. The summed E-state index contributed by atoms with van der Waals surface area (Å²) in [4.78, 5) is 0. The van der Waals surface area contributed by atoms with Gasteiger partial charge in [-0.05, 0) is 0 Å². The molecule has 1 heteroatoms. The fraction of sp³-hybridized carbons (Fsp3) is 0.111. The Morgan fingerprint density at radius 3 is 1.21 bits per heavy atom. The second kappa shape index (κ2) is 5.84. The first-order valence-electron chi connectivity index (χ1n) is 6.15. The first-order chi connectivity index (χ1) is 8.86. The fourth-order valence-electron chi connectivity index (χ4n) is 2.66. The van der Waals surface area contributed by atoms with Crippen LogP contribution in [-0.2, 0) is 26.2 Å². The monoisotopic (exact) mass is 320 g/mol.